The summed E-state index contributed by atoms with van der Waals surface area (Å²) in [4.78, 5) is 11.6. The van der Waals surface area contributed by atoms with E-state index in [1.54, 1.807) is 13.8 Å². The number of hydrogen-bond acceptors (Lipinski definition) is 7. The van der Waals surface area contributed by atoms with Gasteiger partial charge in [-0.3, -0.25) is 4.79 Å². The van der Waals surface area contributed by atoms with Gasteiger partial charge in [0.05, 0.1) is 6.61 Å². The van der Waals surface area contributed by atoms with Crippen molar-refractivity contribution in [3.05, 3.63) is 24.3 Å². The highest BCUT2D eigenvalue weighted by Crippen LogP contribution is 2.26. The molecule has 0 spiro atoms. The van der Waals surface area contributed by atoms with Crippen molar-refractivity contribution >= 4 is 17.7 Å². The molecule has 0 aliphatic carbocycles. The highest BCUT2D eigenvalue weighted by molar-refractivity contribution is 8.00. The molecule has 1 unspecified atom stereocenters. The summed E-state index contributed by atoms with van der Waals surface area (Å²) in [5.74, 6) is 5.93. The van der Waals surface area contributed by atoms with Gasteiger partial charge in [0.25, 0.3) is 0 Å². The van der Waals surface area contributed by atoms with Crippen molar-refractivity contribution in [1.29, 1.82) is 0 Å². The molecule has 2 N–H and O–H groups in total. The fraction of sp³-hybridized carbons (Fsp3) is 0.357. The van der Waals surface area contributed by atoms with E-state index in [-0.39, 0.29) is 18.3 Å². The molecule has 0 fully saturated rings. The number of nitrogens with zero attached hydrogens (tertiary/aromatic N) is 3. The standard InChI is InChI=1S/C14H16F2N4O3S/c1-3-22-12(21)8(2)24-14-19-18-11(20(14)17)9-4-6-10(7-5-9)23-13(15)16/h4-8,13H,3,17H2,1-2H3. The maximum absolute atomic E-state index is 12.1. The van der Waals surface area contributed by atoms with E-state index in [9.17, 15) is 13.6 Å². The molecule has 0 saturated heterocycles. The number of nitrogens with two attached hydrogens (primary N) is 1. The largest absolute Gasteiger partial charge is 0.465 e. The van der Waals surface area contributed by atoms with E-state index in [1.165, 1.54) is 28.9 Å². The van der Waals surface area contributed by atoms with Gasteiger partial charge in [0.15, 0.2) is 5.82 Å². The number of aromatic nitrogens is 3. The van der Waals surface area contributed by atoms with Crippen LogP contribution in [-0.4, -0.2) is 39.3 Å². The van der Waals surface area contributed by atoms with Crippen LogP contribution in [0.4, 0.5) is 8.78 Å². The van der Waals surface area contributed by atoms with Gasteiger partial charge in [-0.1, -0.05) is 11.8 Å². The van der Waals surface area contributed by atoms with Crippen molar-refractivity contribution in [3.63, 3.8) is 0 Å². The van der Waals surface area contributed by atoms with E-state index in [4.69, 9.17) is 10.6 Å². The number of nitrogen functional groups attached to an aromatic ring is 1. The molecule has 2 aromatic rings. The molecule has 24 heavy (non-hydrogen) atoms. The third-order valence-electron chi connectivity index (χ3n) is 2.90. The Bertz CT molecular complexity index is 694. The number of halogens is 2. The quantitative estimate of drug-likeness (QED) is 0.461. The molecular formula is C14H16F2N4O3S. The van der Waals surface area contributed by atoms with Gasteiger partial charge >= 0.3 is 12.6 Å². The van der Waals surface area contributed by atoms with E-state index in [0.29, 0.717) is 16.5 Å². The van der Waals surface area contributed by atoms with Crippen molar-refractivity contribution < 1.29 is 23.0 Å². The lowest BCUT2D eigenvalue weighted by atomic mass is 10.2. The maximum atomic E-state index is 12.1. The second kappa shape index (κ2) is 7.95. The van der Waals surface area contributed by atoms with Crippen LogP contribution >= 0.6 is 11.8 Å². The van der Waals surface area contributed by atoms with Crippen LogP contribution in [0.2, 0.25) is 0 Å². The number of alkyl halides is 2. The molecular weight excluding hydrogens is 342 g/mol. The fourth-order valence-electron chi connectivity index (χ4n) is 1.81. The Morgan fingerprint density at radius 1 is 1.33 bits per heavy atom. The minimum atomic E-state index is -2.89. The molecule has 1 aromatic heterocycles. The van der Waals surface area contributed by atoms with E-state index in [0.717, 1.165) is 11.8 Å². The molecule has 0 amide bonds. The topological polar surface area (TPSA) is 92.3 Å². The first-order chi connectivity index (χ1) is 11.4. The number of benzene rings is 1. The Morgan fingerprint density at radius 2 is 2.00 bits per heavy atom. The van der Waals surface area contributed by atoms with Gasteiger partial charge in [-0.25, -0.2) is 4.68 Å². The average Bonchev–Trinajstić information content (AvgIpc) is 2.89. The zero-order chi connectivity index (χ0) is 17.7. The molecule has 10 heteroatoms. The maximum Gasteiger partial charge on any atom is 0.387 e. The summed E-state index contributed by atoms with van der Waals surface area (Å²) in [6.07, 6.45) is 0. The van der Waals surface area contributed by atoms with Crippen LogP contribution < -0.4 is 10.6 Å². The van der Waals surface area contributed by atoms with Gasteiger partial charge in [0, 0.05) is 5.56 Å². The summed E-state index contributed by atoms with van der Waals surface area (Å²) in [5.41, 5.74) is 0.572. The Labute approximate surface area is 141 Å². The minimum Gasteiger partial charge on any atom is -0.465 e. The summed E-state index contributed by atoms with van der Waals surface area (Å²) in [7, 11) is 0. The average molecular weight is 358 g/mol. The lowest BCUT2D eigenvalue weighted by molar-refractivity contribution is -0.142. The van der Waals surface area contributed by atoms with Crippen LogP contribution in [0.1, 0.15) is 13.8 Å². The Morgan fingerprint density at radius 3 is 2.58 bits per heavy atom. The van der Waals surface area contributed by atoms with Crippen molar-refractivity contribution in [2.24, 2.45) is 0 Å². The SMILES string of the molecule is CCOC(=O)C(C)Sc1nnc(-c2ccc(OC(F)F)cc2)n1N. The van der Waals surface area contributed by atoms with Crippen LogP contribution in [0.5, 0.6) is 5.75 Å². The van der Waals surface area contributed by atoms with Crippen LogP contribution in [0.25, 0.3) is 11.4 Å². The van der Waals surface area contributed by atoms with Crippen LogP contribution in [0.15, 0.2) is 29.4 Å². The minimum absolute atomic E-state index is 0.0300. The van der Waals surface area contributed by atoms with Gasteiger partial charge in [-0.2, -0.15) is 8.78 Å². The van der Waals surface area contributed by atoms with Crippen LogP contribution in [-0.2, 0) is 9.53 Å². The smallest absolute Gasteiger partial charge is 0.387 e. The summed E-state index contributed by atoms with van der Waals surface area (Å²) >= 11 is 1.11. The van der Waals surface area contributed by atoms with Gasteiger partial charge in [-0.05, 0) is 38.1 Å². The molecule has 2 rings (SSSR count). The van der Waals surface area contributed by atoms with Crippen molar-refractivity contribution in [1.82, 2.24) is 14.9 Å². The molecule has 0 bridgehead atoms. The molecule has 0 radical (unpaired) electrons. The first-order valence-corrected chi connectivity index (χ1v) is 7.89. The summed E-state index contributed by atoms with van der Waals surface area (Å²) in [6, 6.07) is 5.83. The first kappa shape index (κ1) is 18.0. The number of thioether (sulfide) groups is 1. The number of esters is 1. The Balaban J connectivity index is 2.13. The van der Waals surface area contributed by atoms with E-state index in [2.05, 4.69) is 14.9 Å². The van der Waals surface area contributed by atoms with Crippen molar-refractivity contribution in [2.45, 2.75) is 30.9 Å². The highest BCUT2D eigenvalue weighted by Gasteiger charge is 2.20. The first-order valence-electron chi connectivity index (χ1n) is 7.01. The number of carbonyl (C=O) groups is 1. The van der Waals surface area contributed by atoms with E-state index < -0.39 is 11.9 Å². The third kappa shape index (κ3) is 4.34. The summed E-state index contributed by atoms with van der Waals surface area (Å²) < 4.78 is 34.7. The molecule has 1 atom stereocenters. The normalized spacial score (nSPS) is 12.2. The van der Waals surface area contributed by atoms with E-state index >= 15 is 0 Å². The second-order valence-electron chi connectivity index (χ2n) is 4.59. The Kier molecular flexibility index (Phi) is 5.96. The molecule has 0 aliphatic heterocycles. The molecule has 130 valence electrons. The number of carbonyl (C=O) groups excluding carboxylic acids is 1. The fourth-order valence-corrected chi connectivity index (χ4v) is 2.57. The Hall–Kier alpha value is -2.36. The molecule has 1 heterocycles. The molecule has 0 aliphatic rings. The molecule has 1 aromatic carbocycles. The van der Waals surface area contributed by atoms with Crippen LogP contribution in [0.3, 0.4) is 0 Å². The lowest BCUT2D eigenvalue weighted by Gasteiger charge is -2.09. The number of ether oxygens (including phenoxy) is 2. The lowest BCUT2D eigenvalue weighted by Crippen LogP contribution is -2.19. The number of rotatable bonds is 7. The van der Waals surface area contributed by atoms with E-state index in [1.807, 2.05) is 0 Å². The van der Waals surface area contributed by atoms with Crippen molar-refractivity contribution in [2.75, 3.05) is 12.4 Å². The number of hydrogen-bond donors (Lipinski definition) is 1. The highest BCUT2D eigenvalue weighted by atomic mass is 32.2. The van der Waals surface area contributed by atoms with Gasteiger partial charge in [0.1, 0.15) is 11.0 Å². The molecule has 0 saturated carbocycles. The van der Waals surface area contributed by atoms with Crippen LogP contribution in [0, 0.1) is 0 Å². The predicted molar refractivity (Wildman–Crippen MR) is 84.2 cm³/mol. The van der Waals surface area contributed by atoms with Gasteiger partial charge in [-0.15, -0.1) is 10.2 Å². The third-order valence-corrected chi connectivity index (χ3v) is 3.94. The summed E-state index contributed by atoms with van der Waals surface area (Å²) in [6.45, 7) is 0.798. The zero-order valence-electron chi connectivity index (χ0n) is 13.0. The monoisotopic (exact) mass is 358 g/mol. The predicted octanol–water partition coefficient (Wildman–Crippen LogP) is 2.30. The molecule has 7 nitrogen and oxygen atoms in total. The second-order valence-corrected chi connectivity index (χ2v) is 5.90. The van der Waals surface area contributed by atoms with Gasteiger partial charge in [0.2, 0.25) is 5.16 Å². The van der Waals surface area contributed by atoms with Gasteiger partial charge < -0.3 is 15.3 Å². The van der Waals surface area contributed by atoms with Crippen molar-refractivity contribution in [3.8, 4) is 17.1 Å². The zero-order valence-corrected chi connectivity index (χ0v) is 13.8. The summed E-state index contributed by atoms with van der Waals surface area (Å²) in [5, 5.41) is 7.74.